The van der Waals surface area contributed by atoms with Crippen LogP contribution in [-0.2, 0) is 0 Å². The van der Waals surface area contributed by atoms with Crippen molar-refractivity contribution in [3.63, 3.8) is 0 Å². The predicted molar refractivity (Wildman–Crippen MR) is 78.6 cm³/mol. The Morgan fingerprint density at radius 3 is 2.55 bits per heavy atom. The Hall–Kier alpha value is -1.60. The SMILES string of the molecule is CCN(CC)CCSc1cc([N+](=O)[O-])ccc1C(=O)O. The van der Waals surface area contributed by atoms with Gasteiger partial charge in [-0.3, -0.25) is 10.1 Å². The van der Waals surface area contributed by atoms with Crippen LogP contribution in [0.15, 0.2) is 23.1 Å². The summed E-state index contributed by atoms with van der Waals surface area (Å²) in [6, 6.07) is 3.84. The van der Waals surface area contributed by atoms with Crippen molar-refractivity contribution in [3.05, 3.63) is 33.9 Å². The van der Waals surface area contributed by atoms with Crippen molar-refractivity contribution in [3.8, 4) is 0 Å². The number of nitrogens with zero attached hydrogens (tertiary/aromatic N) is 2. The molecule has 0 radical (unpaired) electrons. The summed E-state index contributed by atoms with van der Waals surface area (Å²) >= 11 is 1.34. The molecule has 1 rings (SSSR count). The molecule has 0 atom stereocenters. The Kier molecular flexibility index (Phi) is 6.47. The van der Waals surface area contributed by atoms with Crippen LogP contribution in [0.3, 0.4) is 0 Å². The van der Waals surface area contributed by atoms with Crippen molar-refractivity contribution in [1.82, 2.24) is 4.90 Å². The van der Waals surface area contributed by atoms with Crippen LogP contribution in [0.2, 0.25) is 0 Å². The van der Waals surface area contributed by atoms with Gasteiger partial charge in [0.25, 0.3) is 5.69 Å². The third-order valence-corrected chi connectivity index (χ3v) is 4.00. The first-order valence-electron chi connectivity index (χ1n) is 6.36. The molecule has 0 aliphatic carbocycles. The van der Waals surface area contributed by atoms with E-state index in [1.807, 2.05) is 0 Å². The maximum Gasteiger partial charge on any atom is 0.336 e. The number of nitro groups is 1. The Morgan fingerprint density at radius 1 is 1.40 bits per heavy atom. The second-order valence-corrected chi connectivity index (χ2v) is 5.25. The van der Waals surface area contributed by atoms with Gasteiger partial charge in [-0.25, -0.2) is 4.79 Å². The van der Waals surface area contributed by atoms with Gasteiger partial charge in [0.05, 0.1) is 10.5 Å². The number of carboxylic acids is 1. The van der Waals surface area contributed by atoms with Crippen molar-refractivity contribution >= 4 is 23.4 Å². The molecule has 20 heavy (non-hydrogen) atoms. The van der Waals surface area contributed by atoms with Crippen LogP contribution < -0.4 is 0 Å². The summed E-state index contributed by atoms with van der Waals surface area (Å²) in [6.07, 6.45) is 0. The molecule has 6 nitrogen and oxygen atoms in total. The number of non-ortho nitro benzene ring substituents is 1. The second-order valence-electron chi connectivity index (χ2n) is 4.12. The minimum absolute atomic E-state index is 0.0830. The molecule has 1 aromatic rings. The smallest absolute Gasteiger partial charge is 0.336 e. The minimum atomic E-state index is -1.06. The first-order chi connectivity index (χ1) is 9.49. The van der Waals surface area contributed by atoms with Gasteiger partial charge in [-0.15, -0.1) is 11.8 Å². The van der Waals surface area contributed by atoms with Crippen LogP contribution >= 0.6 is 11.8 Å². The lowest BCUT2D eigenvalue weighted by Gasteiger charge is -2.17. The van der Waals surface area contributed by atoms with E-state index in [0.29, 0.717) is 10.6 Å². The third-order valence-electron chi connectivity index (χ3n) is 2.97. The Bertz CT molecular complexity index is 489. The fourth-order valence-corrected chi connectivity index (χ4v) is 2.83. The van der Waals surface area contributed by atoms with E-state index in [1.165, 1.54) is 30.0 Å². The molecule has 110 valence electrons. The van der Waals surface area contributed by atoms with Gasteiger partial charge in [0.2, 0.25) is 0 Å². The molecule has 0 heterocycles. The molecule has 0 aromatic heterocycles. The molecule has 0 saturated carbocycles. The highest BCUT2D eigenvalue weighted by Gasteiger charge is 2.15. The summed E-state index contributed by atoms with van der Waals surface area (Å²) < 4.78 is 0. The number of thioether (sulfide) groups is 1. The zero-order valence-corrected chi connectivity index (χ0v) is 12.4. The van der Waals surface area contributed by atoms with Crippen LogP contribution in [0.1, 0.15) is 24.2 Å². The van der Waals surface area contributed by atoms with Gasteiger partial charge in [0, 0.05) is 29.3 Å². The lowest BCUT2D eigenvalue weighted by Crippen LogP contribution is -2.25. The summed E-state index contributed by atoms with van der Waals surface area (Å²) in [5, 5.41) is 19.9. The summed E-state index contributed by atoms with van der Waals surface area (Å²) in [5.41, 5.74) is 0.0282. The summed E-state index contributed by atoms with van der Waals surface area (Å²) in [7, 11) is 0. The number of rotatable bonds is 8. The number of carboxylic acid groups (broad SMARTS) is 1. The quantitative estimate of drug-likeness (QED) is 0.451. The van der Waals surface area contributed by atoms with E-state index in [0.717, 1.165) is 19.6 Å². The molecular weight excluding hydrogens is 280 g/mol. The van der Waals surface area contributed by atoms with Crippen LogP contribution in [0.25, 0.3) is 0 Å². The zero-order valence-electron chi connectivity index (χ0n) is 11.5. The van der Waals surface area contributed by atoms with E-state index >= 15 is 0 Å². The number of aromatic carboxylic acids is 1. The van der Waals surface area contributed by atoms with Gasteiger partial charge in [0.1, 0.15) is 0 Å². The van der Waals surface area contributed by atoms with Gasteiger partial charge in [-0.1, -0.05) is 13.8 Å². The van der Waals surface area contributed by atoms with Crippen molar-refractivity contribution in [1.29, 1.82) is 0 Å². The number of hydrogen-bond donors (Lipinski definition) is 1. The normalized spacial score (nSPS) is 10.8. The average molecular weight is 298 g/mol. The van der Waals surface area contributed by atoms with E-state index in [-0.39, 0.29) is 11.3 Å². The van der Waals surface area contributed by atoms with Gasteiger partial charge in [-0.05, 0) is 19.2 Å². The van der Waals surface area contributed by atoms with Crippen molar-refractivity contribution in [2.75, 3.05) is 25.4 Å². The van der Waals surface area contributed by atoms with Gasteiger partial charge < -0.3 is 10.0 Å². The number of benzene rings is 1. The van der Waals surface area contributed by atoms with Crippen molar-refractivity contribution in [2.45, 2.75) is 18.7 Å². The van der Waals surface area contributed by atoms with Crippen molar-refractivity contribution in [2.24, 2.45) is 0 Å². The average Bonchev–Trinajstić information content (AvgIpc) is 2.43. The highest BCUT2D eigenvalue weighted by atomic mass is 32.2. The molecule has 0 aliphatic rings. The molecule has 1 N–H and O–H groups in total. The van der Waals surface area contributed by atoms with Crippen LogP contribution in [0, 0.1) is 10.1 Å². The standard InChI is InChI=1S/C13H18N2O4S/c1-3-14(4-2)7-8-20-12-9-10(15(18)19)5-6-11(12)13(16)17/h5-6,9H,3-4,7-8H2,1-2H3,(H,16,17). The zero-order chi connectivity index (χ0) is 15.1. The lowest BCUT2D eigenvalue weighted by atomic mass is 10.2. The fraction of sp³-hybridized carbons (Fsp3) is 0.462. The van der Waals surface area contributed by atoms with E-state index in [2.05, 4.69) is 18.7 Å². The molecule has 0 unspecified atom stereocenters. The first-order valence-corrected chi connectivity index (χ1v) is 7.35. The highest BCUT2D eigenvalue weighted by molar-refractivity contribution is 7.99. The van der Waals surface area contributed by atoms with Crippen LogP contribution in [-0.4, -0.2) is 46.3 Å². The molecule has 0 fully saturated rings. The Labute approximate surface area is 121 Å². The summed E-state index contributed by atoms with van der Waals surface area (Å²) in [6.45, 7) is 6.80. The van der Waals surface area contributed by atoms with E-state index in [4.69, 9.17) is 5.11 Å². The minimum Gasteiger partial charge on any atom is -0.478 e. The largest absolute Gasteiger partial charge is 0.478 e. The first kappa shape index (κ1) is 16.5. The molecular formula is C13H18N2O4S. The molecule has 0 aliphatic heterocycles. The molecule has 0 saturated heterocycles. The molecule has 7 heteroatoms. The summed E-state index contributed by atoms with van der Waals surface area (Å²) in [5.74, 6) is -0.367. The lowest BCUT2D eigenvalue weighted by molar-refractivity contribution is -0.385. The Balaban J connectivity index is 2.82. The predicted octanol–water partition coefficient (Wildman–Crippen LogP) is 2.73. The van der Waals surface area contributed by atoms with E-state index in [9.17, 15) is 14.9 Å². The topological polar surface area (TPSA) is 83.7 Å². The van der Waals surface area contributed by atoms with Gasteiger partial charge in [0.15, 0.2) is 0 Å². The monoisotopic (exact) mass is 298 g/mol. The van der Waals surface area contributed by atoms with Crippen LogP contribution in [0.4, 0.5) is 5.69 Å². The fourth-order valence-electron chi connectivity index (χ4n) is 1.75. The highest BCUT2D eigenvalue weighted by Crippen LogP contribution is 2.27. The second kappa shape index (κ2) is 7.86. The number of hydrogen-bond acceptors (Lipinski definition) is 5. The van der Waals surface area contributed by atoms with E-state index < -0.39 is 10.9 Å². The van der Waals surface area contributed by atoms with Crippen LogP contribution in [0.5, 0.6) is 0 Å². The Morgan fingerprint density at radius 2 is 2.05 bits per heavy atom. The van der Waals surface area contributed by atoms with Crippen molar-refractivity contribution < 1.29 is 14.8 Å². The molecule has 0 amide bonds. The van der Waals surface area contributed by atoms with Gasteiger partial charge in [-0.2, -0.15) is 0 Å². The number of carbonyl (C=O) groups is 1. The summed E-state index contributed by atoms with van der Waals surface area (Å²) in [4.78, 5) is 24.0. The third kappa shape index (κ3) is 4.50. The molecule has 0 spiro atoms. The van der Waals surface area contributed by atoms with Gasteiger partial charge >= 0.3 is 5.97 Å². The molecule has 0 bridgehead atoms. The van der Waals surface area contributed by atoms with E-state index in [1.54, 1.807) is 0 Å². The maximum atomic E-state index is 11.1. The maximum absolute atomic E-state index is 11.1. The number of nitro benzene ring substituents is 1. The molecule has 1 aromatic carbocycles.